The minimum absolute atomic E-state index is 0.00882. The molecule has 3 amide bonds. The third kappa shape index (κ3) is 5.46. The van der Waals surface area contributed by atoms with Gasteiger partial charge in [-0.3, -0.25) is 4.79 Å². The topological polar surface area (TPSA) is 61.9 Å². The first-order chi connectivity index (χ1) is 8.83. The summed E-state index contributed by atoms with van der Waals surface area (Å²) in [6.07, 6.45) is 0. The van der Waals surface area contributed by atoms with Gasteiger partial charge in [-0.05, 0) is 27.7 Å². The summed E-state index contributed by atoms with van der Waals surface area (Å²) >= 11 is 0. The summed E-state index contributed by atoms with van der Waals surface area (Å²) in [5.41, 5.74) is -0.307. The lowest BCUT2D eigenvalue weighted by Crippen LogP contribution is -2.54. The zero-order chi connectivity index (χ0) is 14.5. The average Bonchev–Trinajstić information content (AvgIpc) is 2.35. The molecule has 0 bridgehead atoms. The summed E-state index contributed by atoms with van der Waals surface area (Å²) in [7, 11) is 0. The van der Waals surface area contributed by atoms with Gasteiger partial charge in [0.2, 0.25) is 5.91 Å². The fourth-order valence-electron chi connectivity index (χ4n) is 1.79. The Balaban J connectivity index is 2.33. The Morgan fingerprint density at radius 3 is 2.11 bits per heavy atom. The van der Waals surface area contributed by atoms with Gasteiger partial charge in [0.25, 0.3) is 0 Å². The normalized spacial score (nSPS) is 16.4. The lowest BCUT2D eigenvalue weighted by atomic mass is 10.2. The molecule has 0 saturated carbocycles. The van der Waals surface area contributed by atoms with Crippen molar-refractivity contribution in [1.29, 1.82) is 0 Å². The van der Waals surface area contributed by atoms with Crippen molar-refractivity contribution in [3.8, 4) is 0 Å². The van der Waals surface area contributed by atoms with Crippen molar-refractivity contribution in [2.75, 3.05) is 39.3 Å². The van der Waals surface area contributed by atoms with Crippen LogP contribution in [0.5, 0.6) is 0 Å². The van der Waals surface area contributed by atoms with E-state index in [9.17, 15) is 9.59 Å². The maximum atomic E-state index is 11.9. The van der Waals surface area contributed by atoms with E-state index in [0.717, 1.165) is 0 Å². The molecule has 0 aromatic heterocycles. The van der Waals surface area contributed by atoms with E-state index >= 15 is 0 Å². The highest BCUT2D eigenvalue weighted by Crippen LogP contribution is 2.08. The Morgan fingerprint density at radius 2 is 1.63 bits per heavy atom. The predicted octanol–water partition coefficient (Wildman–Crippen LogP) is 0.675. The summed E-state index contributed by atoms with van der Waals surface area (Å²) in [6.45, 7) is 10.7. The van der Waals surface area contributed by atoms with Crippen molar-refractivity contribution in [3.05, 3.63) is 0 Å². The van der Waals surface area contributed by atoms with E-state index in [1.165, 1.54) is 0 Å². The number of rotatable bonds is 3. The number of ether oxygens (including phenoxy) is 1. The van der Waals surface area contributed by atoms with Crippen LogP contribution in [0.1, 0.15) is 27.7 Å². The van der Waals surface area contributed by atoms with Crippen LogP contribution in [-0.4, -0.2) is 66.7 Å². The maximum absolute atomic E-state index is 11.9. The standard InChI is InChI=1S/C13H25N3O3/c1-5-14-12(18)16-8-6-15(7-9-16)11(17)10-19-13(2,3)4/h5-10H2,1-4H3,(H,14,18). The molecular formula is C13H25N3O3. The van der Waals surface area contributed by atoms with Gasteiger partial charge in [-0.1, -0.05) is 0 Å². The van der Waals surface area contributed by atoms with Gasteiger partial charge in [-0.15, -0.1) is 0 Å². The number of carbonyl (C=O) groups is 2. The molecule has 0 aliphatic carbocycles. The lowest BCUT2D eigenvalue weighted by Gasteiger charge is -2.35. The predicted molar refractivity (Wildman–Crippen MR) is 72.9 cm³/mol. The molecule has 1 aliphatic rings. The first-order valence-corrected chi connectivity index (χ1v) is 6.78. The molecule has 110 valence electrons. The third-order valence-corrected chi connectivity index (χ3v) is 2.88. The largest absolute Gasteiger partial charge is 0.366 e. The number of nitrogens with one attached hydrogen (secondary N) is 1. The highest BCUT2D eigenvalue weighted by Gasteiger charge is 2.24. The van der Waals surface area contributed by atoms with Crippen molar-refractivity contribution < 1.29 is 14.3 Å². The van der Waals surface area contributed by atoms with Crippen molar-refractivity contribution in [2.24, 2.45) is 0 Å². The first kappa shape index (κ1) is 15.8. The quantitative estimate of drug-likeness (QED) is 0.821. The molecule has 0 spiro atoms. The number of nitrogens with zero attached hydrogens (tertiary/aromatic N) is 2. The minimum atomic E-state index is -0.307. The van der Waals surface area contributed by atoms with Crippen LogP contribution >= 0.6 is 0 Å². The smallest absolute Gasteiger partial charge is 0.317 e. The van der Waals surface area contributed by atoms with Gasteiger partial charge in [-0.25, -0.2) is 4.79 Å². The molecular weight excluding hydrogens is 246 g/mol. The second-order valence-corrected chi connectivity index (χ2v) is 5.60. The number of carbonyl (C=O) groups excluding carboxylic acids is 2. The maximum Gasteiger partial charge on any atom is 0.317 e. The molecule has 1 heterocycles. The molecule has 1 fully saturated rings. The molecule has 6 heteroatoms. The SMILES string of the molecule is CCNC(=O)N1CCN(C(=O)COC(C)(C)C)CC1. The molecule has 6 nitrogen and oxygen atoms in total. The number of hydrogen-bond acceptors (Lipinski definition) is 3. The van der Waals surface area contributed by atoms with Gasteiger partial charge < -0.3 is 19.9 Å². The van der Waals surface area contributed by atoms with Gasteiger partial charge in [0.15, 0.2) is 0 Å². The summed E-state index contributed by atoms with van der Waals surface area (Å²) in [5.74, 6) is -0.00882. The molecule has 19 heavy (non-hydrogen) atoms. The zero-order valence-corrected chi connectivity index (χ0v) is 12.4. The molecule has 1 N–H and O–H groups in total. The zero-order valence-electron chi connectivity index (χ0n) is 12.4. The highest BCUT2D eigenvalue weighted by atomic mass is 16.5. The molecule has 0 aromatic rings. The van der Waals surface area contributed by atoms with E-state index in [4.69, 9.17) is 4.74 Å². The Morgan fingerprint density at radius 1 is 1.11 bits per heavy atom. The number of urea groups is 1. The summed E-state index contributed by atoms with van der Waals surface area (Å²) in [5, 5.41) is 2.76. The second-order valence-electron chi connectivity index (χ2n) is 5.60. The van der Waals surface area contributed by atoms with E-state index < -0.39 is 0 Å². The van der Waals surface area contributed by atoms with Gasteiger partial charge in [-0.2, -0.15) is 0 Å². The summed E-state index contributed by atoms with van der Waals surface area (Å²) in [4.78, 5) is 27.0. The van der Waals surface area contributed by atoms with Crippen LogP contribution in [0.2, 0.25) is 0 Å². The van der Waals surface area contributed by atoms with Gasteiger partial charge in [0, 0.05) is 32.7 Å². The van der Waals surface area contributed by atoms with Crippen LogP contribution in [0.4, 0.5) is 4.79 Å². The Kier molecular flexibility index (Phi) is 5.60. The summed E-state index contributed by atoms with van der Waals surface area (Å²) in [6, 6.07) is -0.0551. The van der Waals surface area contributed by atoms with Crippen LogP contribution in [0, 0.1) is 0 Å². The minimum Gasteiger partial charge on any atom is -0.366 e. The van der Waals surface area contributed by atoms with Crippen LogP contribution in [0.25, 0.3) is 0 Å². The molecule has 1 rings (SSSR count). The Bertz CT molecular complexity index is 318. The lowest BCUT2D eigenvalue weighted by molar-refractivity contribution is -0.142. The average molecular weight is 271 g/mol. The van der Waals surface area contributed by atoms with Crippen LogP contribution in [0.15, 0.2) is 0 Å². The Labute approximate surface area is 115 Å². The van der Waals surface area contributed by atoms with Crippen molar-refractivity contribution in [1.82, 2.24) is 15.1 Å². The van der Waals surface area contributed by atoms with Crippen LogP contribution in [-0.2, 0) is 9.53 Å². The fourth-order valence-corrected chi connectivity index (χ4v) is 1.79. The van der Waals surface area contributed by atoms with E-state index in [1.807, 2.05) is 27.7 Å². The third-order valence-electron chi connectivity index (χ3n) is 2.88. The van der Waals surface area contributed by atoms with Gasteiger partial charge in [0.05, 0.1) is 5.60 Å². The molecule has 1 aliphatic heterocycles. The van der Waals surface area contributed by atoms with Crippen molar-refractivity contribution >= 4 is 11.9 Å². The van der Waals surface area contributed by atoms with E-state index in [0.29, 0.717) is 32.7 Å². The van der Waals surface area contributed by atoms with Crippen LogP contribution in [0.3, 0.4) is 0 Å². The van der Waals surface area contributed by atoms with Gasteiger partial charge in [0.1, 0.15) is 6.61 Å². The highest BCUT2D eigenvalue weighted by molar-refractivity contribution is 5.78. The van der Waals surface area contributed by atoms with Crippen molar-refractivity contribution in [2.45, 2.75) is 33.3 Å². The fraction of sp³-hybridized carbons (Fsp3) is 0.846. The number of amides is 3. The molecule has 0 unspecified atom stereocenters. The molecule has 0 atom stereocenters. The summed E-state index contributed by atoms with van der Waals surface area (Å²) < 4.78 is 5.47. The second kappa shape index (κ2) is 6.75. The van der Waals surface area contributed by atoms with Gasteiger partial charge >= 0.3 is 6.03 Å². The Hall–Kier alpha value is -1.30. The number of piperazine rings is 1. The first-order valence-electron chi connectivity index (χ1n) is 6.78. The monoisotopic (exact) mass is 271 g/mol. The van der Waals surface area contributed by atoms with Crippen molar-refractivity contribution in [3.63, 3.8) is 0 Å². The molecule has 1 saturated heterocycles. The van der Waals surface area contributed by atoms with E-state index in [-0.39, 0.29) is 24.1 Å². The van der Waals surface area contributed by atoms with E-state index in [1.54, 1.807) is 9.80 Å². The number of hydrogen-bond donors (Lipinski definition) is 1. The van der Waals surface area contributed by atoms with Crippen LogP contribution < -0.4 is 5.32 Å². The molecule has 0 radical (unpaired) electrons. The van der Waals surface area contributed by atoms with E-state index in [2.05, 4.69) is 5.32 Å². The molecule has 0 aromatic carbocycles.